The van der Waals surface area contributed by atoms with Gasteiger partial charge in [-0.2, -0.15) is 0 Å². The van der Waals surface area contributed by atoms with Crippen molar-refractivity contribution in [3.63, 3.8) is 0 Å². The maximum Gasteiger partial charge on any atom is 0.329 e. The summed E-state index contributed by atoms with van der Waals surface area (Å²) in [5.41, 5.74) is 8.48. The molecular formula is C23H32N6O3. The zero-order valence-electron chi connectivity index (χ0n) is 18.6. The number of piperidine rings is 3. The summed E-state index contributed by atoms with van der Waals surface area (Å²) in [6, 6.07) is 6.37. The summed E-state index contributed by atoms with van der Waals surface area (Å²) in [7, 11) is 1.74. The van der Waals surface area contributed by atoms with Gasteiger partial charge in [0, 0.05) is 44.3 Å². The van der Waals surface area contributed by atoms with Crippen molar-refractivity contribution in [1.82, 2.24) is 19.4 Å². The highest BCUT2D eigenvalue weighted by Crippen LogP contribution is 2.29. The smallest absolute Gasteiger partial charge is 0.329 e. The summed E-state index contributed by atoms with van der Waals surface area (Å²) in [6.45, 7) is 4.18. The summed E-state index contributed by atoms with van der Waals surface area (Å²) >= 11 is 0. The van der Waals surface area contributed by atoms with Gasteiger partial charge < -0.3 is 15.5 Å². The Morgan fingerprint density at radius 3 is 2.34 bits per heavy atom. The third kappa shape index (κ3) is 3.73. The summed E-state index contributed by atoms with van der Waals surface area (Å²) in [4.78, 5) is 41.9. The number of likely N-dealkylation sites (tertiary alicyclic amines) is 1. The van der Waals surface area contributed by atoms with Crippen LogP contribution >= 0.6 is 0 Å². The molecule has 1 aromatic carbocycles. The molecule has 32 heavy (non-hydrogen) atoms. The number of imidazole rings is 1. The molecule has 9 heteroatoms. The van der Waals surface area contributed by atoms with Crippen molar-refractivity contribution in [3.8, 4) is 0 Å². The van der Waals surface area contributed by atoms with Crippen molar-refractivity contribution in [2.24, 2.45) is 12.8 Å². The van der Waals surface area contributed by atoms with Gasteiger partial charge in [0.05, 0.1) is 11.0 Å². The molecule has 2 aromatic rings. The second kappa shape index (κ2) is 8.37. The Kier molecular flexibility index (Phi) is 5.54. The fourth-order valence-electron chi connectivity index (χ4n) is 5.55. The van der Waals surface area contributed by atoms with Crippen LogP contribution in [0.2, 0.25) is 0 Å². The molecule has 1 aromatic heterocycles. The molecule has 0 saturated carbocycles. The zero-order chi connectivity index (χ0) is 22.4. The highest BCUT2D eigenvalue weighted by molar-refractivity contribution is 6.00. The largest absolute Gasteiger partial charge is 0.371 e. The lowest BCUT2D eigenvalue weighted by Crippen LogP contribution is -2.49. The Hall–Kier alpha value is -2.65. The Morgan fingerprint density at radius 2 is 1.66 bits per heavy atom. The number of carbonyl (C=O) groups excluding carboxylic acids is 2. The molecule has 172 valence electrons. The van der Waals surface area contributed by atoms with Gasteiger partial charge in [0.1, 0.15) is 6.04 Å². The number of rotatable bonds is 3. The molecule has 1 unspecified atom stereocenters. The molecule has 3 aliphatic heterocycles. The van der Waals surface area contributed by atoms with Crippen molar-refractivity contribution in [1.29, 1.82) is 0 Å². The molecule has 9 nitrogen and oxygen atoms in total. The number of imide groups is 1. The van der Waals surface area contributed by atoms with E-state index in [1.807, 2.05) is 12.1 Å². The minimum absolute atomic E-state index is 0.228. The van der Waals surface area contributed by atoms with Crippen LogP contribution < -0.4 is 21.6 Å². The van der Waals surface area contributed by atoms with Gasteiger partial charge in [0.2, 0.25) is 11.8 Å². The van der Waals surface area contributed by atoms with Gasteiger partial charge in [-0.15, -0.1) is 0 Å². The van der Waals surface area contributed by atoms with Crippen molar-refractivity contribution >= 4 is 28.5 Å². The summed E-state index contributed by atoms with van der Waals surface area (Å²) in [5.74, 6) is -0.682. The molecule has 3 aliphatic rings. The molecule has 3 fully saturated rings. The number of nitrogens with one attached hydrogen (secondary N) is 1. The van der Waals surface area contributed by atoms with E-state index in [0.717, 1.165) is 68.6 Å². The minimum atomic E-state index is -0.650. The highest BCUT2D eigenvalue weighted by atomic mass is 16.2. The molecule has 2 amide bonds. The normalized spacial score (nSPS) is 24.3. The fourth-order valence-corrected chi connectivity index (χ4v) is 5.55. The van der Waals surface area contributed by atoms with Gasteiger partial charge in [-0.25, -0.2) is 4.79 Å². The predicted octanol–water partition coefficient (Wildman–Crippen LogP) is 0.710. The number of fused-ring (bicyclic) bond motifs is 1. The van der Waals surface area contributed by atoms with Gasteiger partial charge in [-0.05, 0) is 63.4 Å². The number of benzene rings is 1. The van der Waals surface area contributed by atoms with Crippen LogP contribution in [-0.2, 0) is 16.6 Å². The predicted molar refractivity (Wildman–Crippen MR) is 123 cm³/mol. The fraction of sp³-hybridized carbons (Fsp3) is 0.609. The number of hydrogen-bond acceptors (Lipinski definition) is 6. The molecule has 0 spiro atoms. The van der Waals surface area contributed by atoms with E-state index in [9.17, 15) is 14.4 Å². The van der Waals surface area contributed by atoms with Gasteiger partial charge in [0.25, 0.3) is 0 Å². The van der Waals surface area contributed by atoms with E-state index in [1.54, 1.807) is 11.6 Å². The number of amides is 2. The Morgan fingerprint density at radius 1 is 0.938 bits per heavy atom. The van der Waals surface area contributed by atoms with Crippen molar-refractivity contribution < 1.29 is 9.59 Å². The Labute approximate surface area is 187 Å². The SMILES string of the molecule is Cn1c(=O)n(C2CCC(=O)NC2=O)c2ccc(N3CCC(N4CCC(N)CC4)CC3)cc21. The number of anilines is 1. The van der Waals surface area contributed by atoms with E-state index in [0.29, 0.717) is 18.5 Å². The van der Waals surface area contributed by atoms with Crippen LogP contribution in [0, 0.1) is 0 Å². The van der Waals surface area contributed by atoms with Crippen LogP contribution in [0.4, 0.5) is 5.69 Å². The van der Waals surface area contributed by atoms with Crippen LogP contribution in [0.15, 0.2) is 23.0 Å². The standard InChI is InChI=1S/C23H32N6O3/c1-26-20-14-17(28-12-8-16(9-13-28)27-10-6-15(24)7-11-27)2-3-18(20)29(23(26)32)19-4-5-21(30)25-22(19)31/h2-3,14-16,19H,4-13,24H2,1H3,(H,25,30,31). The number of aryl methyl sites for hydroxylation is 1. The minimum Gasteiger partial charge on any atom is -0.371 e. The molecule has 4 heterocycles. The van der Waals surface area contributed by atoms with Crippen LogP contribution in [-0.4, -0.2) is 64.1 Å². The molecule has 3 saturated heterocycles. The highest BCUT2D eigenvalue weighted by Gasteiger charge is 2.32. The lowest BCUT2D eigenvalue weighted by molar-refractivity contribution is -0.135. The first-order chi connectivity index (χ1) is 15.4. The van der Waals surface area contributed by atoms with Gasteiger partial charge in [-0.3, -0.25) is 24.0 Å². The van der Waals surface area contributed by atoms with Crippen molar-refractivity contribution in [2.45, 2.75) is 56.7 Å². The van der Waals surface area contributed by atoms with Crippen molar-refractivity contribution in [3.05, 3.63) is 28.7 Å². The molecule has 3 N–H and O–H groups in total. The molecule has 5 rings (SSSR count). The lowest BCUT2D eigenvalue weighted by atomic mass is 9.98. The second-order valence-electron chi connectivity index (χ2n) is 9.44. The number of carbonyl (C=O) groups is 2. The van der Waals surface area contributed by atoms with E-state index in [-0.39, 0.29) is 18.0 Å². The van der Waals surface area contributed by atoms with E-state index < -0.39 is 11.9 Å². The first-order valence-corrected chi connectivity index (χ1v) is 11.7. The first-order valence-electron chi connectivity index (χ1n) is 11.7. The maximum absolute atomic E-state index is 13.0. The van der Waals surface area contributed by atoms with Crippen LogP contribution in [0.1, 0.15) is 44.6 Å². The first kappa shape index (κ1) is 21.2. The maximum atomic E-state index is 13.0. The van der Waals surface area contributed by atoms with E-state index >= 15 is 0 Å². The topological polar surface area (TPSA) is 106 Å². The third-order valence-electron chi connectivity index (χ3n) is 7.51. The zero-order valence-corrected chi connectivity index (χ0v) is 18.6. The Bertz CT molecular complexity index is 1090. The average molecular weight is 441 g/mol. The van der Waals surface area contributed by atoms with Crippen LogP contribution in [0.25, 0.3) is 11.0 Å². The molecule has 0 bridgehead atoms. The van der Waals surface area contributed by atoms with Gasteiger partial charge in [0.15, 0.2) is 0 Å². The summed E-state index contributed by atoms with van der Waals surface area (Å²) in [6.07, 6.45) is 5.03. The Balaban J connectivity index is 1.35. The molecule has 1 atom stereocenters. The third-order valence-corrected chi connectivity index (χ3v) is 7.51. The lowest BCUT2D eigenvalue weighted by Gasteiger charge is -2.42. The number of hydrogen-bond donors (Lipinski definition) is 2. The monoisotopic (exact) mass is 440 g/mol. The molecule has 0 aliphatic carbocycles. The number of aromatic nitrogens is 2. The molecular weight excluding hydrogens is 408 g/mol. The van der Waals surface area contributed by atoms with E-state index in [1.165, 1.54) is 4.57 Å². The van der Waals surface area contributed by atoms with Crippen molar-refractivity contribution in [2.75, 3.05) is 31.1 Å². The van der Waals surface area contributed by atoms with Crippen LogP contribution in [0.5, 0.6) is 0 Å². The van der Waals surface area contributed by atoms with Gasteiger partial charge >= 0.3 is 5.69 Å². The molecule has 0 radical (unpaired) electrons. The number of nitrogens with two attached hydrogens (primary N) is 1. The van der Waals surface area contributed by atoms with Gasteiger partial charge in [-0.1, -0.05) is 0 Å². The summed E-state index contributed by atoms with van der Waals surface area (Å²) in [5, 5.41) is 2.36. The summed E-state index contributed by atoms with van der Waals surface area (Å²) < 4.78 is 3.14. The van der Waals surface area contributed by atoms with Crippen LogP contribution in [0.3, 0.4) is 0 Å². The second-order valence-corrected chi connectivity index (χ2v) is 9.44. The van der Waals surface area contributed by atoms with E-state index in [2.05, 4.69) is 21.2 Å². The quantitative estimate of drug-likeness (QED) is 0.681. The average Bonchev–Trinajstić information content (AvgIpc) is 3.04. The van der Waals surface area contributed by atoms with E-state index in [4.69, 9.17) is 5.73 Å². The number of nitrogens with zero attached hydrogens (tertiary/aromatic N) is 4.